The maximum atomic E-state index is 12.0. The van der Waals surface area contributed by atoms with Crippen molar-refractivity contribution in [2.24, 2.45) is 0 Å². The first-order valence-corrected chi connectivity index (χ1v) is 7.07. The minimum absolute atomic E-state index is 0.282. The molecule has 0 bridgehead atoms. The molecule has 5 nitrogen and oxygen atoms in total. The van der Waals surface area contributed by atoms with E-state index < -0.39 is 5.60 Å². The van der Waals surface area contributed by atoms with Gasteiger partial charge in [0.15, 0.2) is 0 Å². The predicted octanol–water partition coefficient (Wildman–Crippen LogP) is 2.72. The summed E-state index contributed by atoms with van der Waals surface area (Å²) in [6.07, 6.45) is 1.38. The molecule has 0 N–H and O–H groups in total. The van der Waals surface area contributed by atoms with Crippen molar-refractivity contribution in [3.8, 4) is 6.07 Å². The van der Waals surface area contributed by atoms with E-state index in [1.165, 1.54) is 0 Å². The number of rotatable bonds is 4. The zero-order valence-corrected chi connectivity index (χ0v) is 12.2. The quantitative estimate of drug-likeness (QED) is 0.854. The highest BCUT2D eigenvalue weighted by Crippen LogP contribution is 2.29. The molecule has 1 fully saturated rings. The Hall–Kier alpha value is -2.06. The van der Waals surface area contributed by atoms with Gasteiger partial charge in [-0.3, -0.25) is 0 Å². The van der Waals surface area contributed by atoms with Gasteiger partial charge in [0.1, 0.15) is 6.61 Å². The Morgan fingerprint density at radius 3 is 2.57 bits per heavy atom. The fraction of sp³-hybridized carbons (Fsp3) is 0.500. The summed E-state index contributed by atoms with van der Waals surface area (Å²) >= 11 is 0. The highest BCUT2D eigenvalue weighted by molar-refractivity contribution is 5.67. The molecule has 5 heteroatoms. The molecule has 1 aliphatic rings. The number of piperidine rings is 1. The average molecular weight is 288 g/mol. The van der Waals surface area contributed by atoms with E-state index >= 15 is 0 Å². The molecule has 1 saturated heterocycles. The van der Waals surface area contributed by atoms with Crippen molar-refractivity contribution in [2.45, 2.75) is 31.5 Å². The van der Waals surface area contributed by atoms with E-state index in [2.05, 4.69) is 6.07 Å². The van der Waals surface area contributed by atoms with E-state index in [0.29, 0.717) is 32.4 Å². The zero-order chi connectivity index (χ0) is 15.1. The molecular formula is C16H20N2O3. The first-order chi connectivity index (χ1) is 10.2. The lowest BCUT2D eigenvalue weighted by Gasteiger charge is -2.38. The number of likely N-dealkylation sites (tertiary alicyclic amines) is 1. The number of benzene rings is 1. The Labute approximate surface area is 125 Å². The Bertz CT molecular complexity index is 502. The minimum Gasteiger partial charge on any atom is -0.445 e. The van der Waals surface area contributed by atoms with Crippen molar-refractivity contribution in [3.63, 3.8) is 0 Å². The van der Waals surface area contributed by atoms with Crippen LogP contribution in [0.3, 0.4) is 0 Å². The third-order valence-corrected chi connectivity index (χ3v) is 3.97. The molecule has 0 aliphatic carbocycles. The fourth-order valence-electron chi connectivity index (χ4n) is 2.50. The van der Waals surface area contributed by atoms with E-state index in [1.54, 1.807) is 12.0 Å². The van der Waals surface area contributed by atoms with Crippen molar-refractivity contribution < 1.29 is 14.3 Å². The molecule has 1 heterocycles. The van der Waals surface area contributed by atoms with Crippen LogP contribution in [0.2, 0.25) is 0 Å². The van der Waals surface area contributed by atoms with Crippen LogP contribution in [0.1, 0.15) is 24.8 Å². The summed E-state index contributed by atoms with van der Waals surface area (Å²) in [6, 6.07) is 11.8. The number of carbonyl (C=O) groups excluding carboxylic acids is 1. The Balaban J connectivity index is 1.82. The molecule has 0 radical (unpaired) electrons. The predicted molar refractivity (Wildman–Crippen MR) is 77.4 cm³/mol. The van der Waals surface area contributed by atoms with Crippen LogP contribution in [-0.4, -0.2) is 36.8 Å². The van der Waals surface area contributed by atoms with Gasteiger partial charge in [-0.1, -0.05) is 30.3 Å². The molecule has 1 aliphatic heterocycles. The number of amides is 1. The van der Waals surface area contributed by atoms with E-state index in [4.69, 9.17) is 14.7 Å². The summed E-state index contributed by atoms with van der Waals surface area (Å²) < 4.78 is 10.8. The molecule has 0 unspecified atom stereocenters. The van der Waals surface area contributed by atoms with Gasteiger partial charge in [-0.25, -0.2) is 4.79 Å². The Kier molecular flexibility index (Phi) is 5.18. The van der Waals surface area contributed by atoms with E-state index in [0.717, 1.165) is 5.56 Å². The van der Waals surface area contributed by atoms with Crippen LogP contribution in [0.25, 0.3) is 0 Å². The van der Waals surface area contributed by atoms with Gasteiger partial charge >= 0.3 is 6.09 Å². The lowest BCUT2D eigenvalue weighted by atomic mass is 9.88. The Morgan fingerprint density at radius 1 is 1.33 bits per heavy atom. The van der Waals surface area contributed by atoms with Crippen molar-refractivity contribution >= 4 is 6.09 Å². The molecule has 0 aromatic heterocycles. The van der Waals surface area contributed by atoms with Gasteiger partial charge in [-0.2, -0.15) is 5.26 Å². The van der Waals surface area contributed by atoms with Gasteiger partial charge in [0, 0.05) is 20.2 Å². The van der Waals surface area contributed by atoms with Crippen LogP contribution in [-0.2, 0) is 16.1 Å². The second-order valence-electron chi connectivity index (χ2n) is 5.25. The molecule has 0 saturated carbocycles. The van der Waals surface area contributed by atoms with Gasteiger partial charge < -0.3 is 14.4 Å². The van der Waals surface area contributed by atoms with E-state index in [1.807, 2.05) is 30.3 Å². The van der Waals surface area contributed by atoms with Crippen LogP contribution < -0.4 is 0 Å². The normalized spacial score (nSPS) is 17.0. The lowest BCUT2D eigenvalue weighted by Crippen LogP contribution is -2.47. The highest BCUT2D eigenvalue weighted by atomic mass is 16.6. The first kappa shape index (κ1) is 15.3. The summed E-state index contributed by atoms with van der Waals surface area (Å²) in [5.74, 6) is 0. The van der Waals surface area contributed by atoms with Crippen molar-refractivity contribution in [2.75, 3.05) is 20.2 Å². The lowest BCUT2D eigenvalue weighted by molar-refractivity contribution is -0.0517. The molecule has 0 atom stereocenters. The molecule has 2 rings (SSSR count). The van der Waals surface area contributed by atoms with Crippen molar-refractivity contribution in [1.82, 2.24) is 4.90 Å². The molecule has 1 aromatic rings. The van der Waals surface area contributed by atoms with Crippen LogP contribution in [0.4, 0.5) is 4.79 Å². The van der Waals surface area contributed by atoms with Gasteiger partial charge in [-0.15, -0.1) is 0 Å². The second kappa shape index (κ2) is 7.09. The summed E-state index contributed by atoms with van der Waals surface area (Å²) in [5, 5.41) is 8.86. The number of nitrogens with zero attached hydrogens (tertiary/aromatic N) is 2. The second-order valence-corrected chi connectivity index (χ2v) is 5.25. The van der Waals surface area contributed by atoms with Crippen LogP contribution in [0.15, 0.2) is 30.3 Å². The van der Waals surface area contributed by atoms with Crippen molar-refractivity contribution in [3.05, 3.63) is 35.9 Å². The third-order valence-electron chi connectivity index (χ3n) is 3.97. The van der Waals surface area contributed by atoms with Crippen LogP contribution in [0, 0.1) is 11.3 Å². The van der Waals surface area contributed by atoms with E-state index in [-0.39, 0.29) is 12.7 Å². The maximum Gasteiger partial charge on any atom is 0.410 e. The van der Waals surface area contributed by atoms with Crippen LogP contribution in [0.5, 0.6) is 0 Å². The summed E-state index contributed by atoms with van der Waals surface area (Å²) in [7, 11) is 1.63. The number of hydrogen-bond donors (Lipinski definition) is 0. The van der Waals surface area contributed by atoms with Crippen molar-refractivity contribution in [1.29, 1.82) is 5.26 Å². The summed E-state index contributed by atoms with van der Waals surface area (Å²) in [6.45, 7) is 1.40. The zero-order valence-electron chi connectivity index (χ0n) is 12.2. The standard InChI is InChI=1S/C16H20N2O3/c1-20-16(7-10-17)8-11-18(12-9-16)15(19)21-13-14-5-3-2-4-6-14/h2-6H,7-9,11-13H2,1H3. The smallest absolute Gasteiger partial charge is 0.410 e. The fourth-order valence-corrected chi connectivity index (χ4v) is 2.50. The molecule has 0 spiro atoms. The Morgan fingerprint density at radius 2 is 2.00 bits per heavy atom. The van der Waals surface area contributed by atoms with Gasteiger partial charge in [0.2, 0.25) is 0 Å². The summed E-state index contributed by atoms with van der Waals surface area (Å²) in [5.41, 5.74) is 0.559. The first-order valence-electron chi connectivity index (χ1n) is 7.07. The maximum absolute atomic E-state index is 12.0. The number of methoxy groups -OCH3 is 1. The van der Waals surface area contributed by atoms with Gasteiger partial charge in [0.25, 0.3) is 0 Å². The topological polar surface area (TPSA) is 62.6 Å². The molecule has 21 heavy (non-hydrogen) atoms. The number of ether oxygens (including phenoxy) is 2. The number of nitriles is 1. The molecule has 112 valence electrons. The third kappa shape index (κ3) is 3.96. The molecule has 1 aromatic carbocycles. The minimum atomic E-state index is -0.412. The average Bonchev–Trinajstić information content (AvgIpc) is 2.54. The van der Waals surface area contributed by atoms with Crippen LogP contribution >= 0.6 is 0 Å². The molecular weight excluding hydrogens is 268 g/mol. The number of hydrogen-bond acceptors (Lipinski definition) is 4. The van der Waals surface area contributed by atoms with Gasteiger partial charge in [-0.05, 0) is 18.4 Å². The highest BCUT2D eigenvalue weighted by Gasteiger charge is 2.36. The van der Waals surface area contributed by atoms with E-state index in [9.17, 15) is 4.79 Å². The summed E-state index contributed by atoms with van der Waals surface area (Å²) in [4.78, 5) is 13.7. The largest absolute Gasteiger partial charge is 0.445 e. The number of carbonyl (C=O) groups is 1. The van der Waals surface area contributed by atoms with Gasteiger partial charge in [0.05, 0.1) is 18.1 Å². The monoisotopic (exact) mass is 288 g/mol. The molecule has 1 amide bonds. The SMILES string of the molecule is COC1(CC#N)CCN(C(=O)OCc2ccccc2)CC1.